The largest absolute Gasteiger partial charge is 0.494 e. The maximum atomic E-state index is 5.81. The van der Waals surface area contributed by atoms with Crippen molar-refractivity contribution in [2.75, 3.05) is 12.8 Å². The molecular formula is C14H13N5O. The fraction of sp³-hybridized carbons (Fsp3) is 0.0714. The highest BCUT2D eigenvalue weighted by Crippen LogP contribution is 2.26. The molecule has 20 heavy (non-hydrogen) atoms. The fourth-order valence-electron chi connectivity index (χ4n) is 2.01. The van der Waals surface area contributed by atoms with E-state index in [9.17, 15) is 0 Å². The van der Waals surface area contributed by atoms with Gasteiger partial charge in [0, 0.05) is 11.3 Å². The number of hydrogen-bond acceptors (Lipinski definition) is 5. The van der Waals surface area contributed by atoms with E-state index in [1.54, 1.807) is 11.8 Å². The lowest BCUT2D eigenvalue weighted by Gasteiger charge is -2.09. The second kappa shape index (κ2) is 5.00. The molecule has 0 unspecified atom stereocenters. The van der Waals surface area contributed by atoms with Gasteiger partial charge < -0.3 is 10.5 Å². The van der Waals surface area contributed by atoms with E-state index in [4.69, 9.17) is 10.5 Å². The summed E-state index contributed by atoms with van der Waals surface area (Å²) in [4.78, 5) is 0. The van der Waals surface area contributed by atoms with Gasteiger partial charge in [0.15, 0.2) is 5.82 Å². The van der Waals surface area contributed by atoms with Crippen LogP contribution in [0.3, 0.4) is 0 Å². The molecule has 6 nitrogen and oxygen atoms in total. The van der Waals surface area contributed by atoms with Crippen molar-refractivity contribution in [1.29, 1.82) is 0 Å². The lowest BCUT2D eigenvalue weighted by molar-refractivity contribution is 0.411. The predicted octanol–water partition coefficient (Wildman–Crippen LogP) is 1.92. The van der Waals surface area contributed by atoms with Gasteiger partial charge in [-0.15, -0.1) is 5.10 Å². The van der Waals surface area contributed by atoms with Crippen LogP contribution in [0, 0.1) is 0 Å². The van der Waals surface area contributed by atoms with Crippen molar-refractivity contribution in [2.24, 2.45) is 0 Å². The first-order valence-corrected chi connectivity index (χ1v) is 6.07. The Kier molecular flexibility index (Phi) is 3.04. The molecule has 0 saturated heterocycles. The fourth-order valence-corrected chi connectivity index (χ4v) is 2.01. The number of aromatic nitrogens is 4. The Labute approximate surface area is 115 Å². The van der Waals surface area contributed by atoms with Crippen molar-refractivity contribution in [3.63, 3.8) is 0 Å². The van der Waals surface area contributed by atoms with E-state index in [0.29, 0.717) is 17.3 Å². The molecule has 3 rings (SSSR count). The van der Waals surface area contributed by atoms with E-state index in [0.717, 1.165) is 11.3 Å². The van der Waals surface area contributed by atoms with Gasteiger partial charge in [-0.3, -0.25) is 0 Å². The molecule has 3 aromatic rings. The highest BCUT2D eigenvalue weighted by Gasteiger charge is 2.14. The van der Waals surface area contributed by atoms with Crippen LogP contribution in [0.15, 0.2) is 48.5 Å². The molecule has 0 aliphatic carbocycles. The van der Waals surface area contributed by atoms with Gasteiger partial charge >= 0.3 is 0 Å². The van der Waals surface area contributed by atoms with Crippen LogP contribution in [0.25, 0.3) is 17.1 Å². The quantitative estimate of drug-likeness (QED) is 0.733. The second-order valence-corrected chi connectivity index (χ2v) is 4.21. The van der Waals surface area contributed by atoms with Crippen molar-refractivity contribution < 1.29 is 4.74 Å². The van der Waals surface area contributed by atoms with Gasteiger partial charge in [0.1, 0.15) is 11.4 Å². The summed E-state index contributed by atoms with van der Waals surface area (Å²) in [6.07, 6.45) is 0. The standard InChI is InChI=1S/C14H13N5O/c1-20-13-8-3-2-7-12(13)19-14(16-17-18-19)10-5-4-6-11(15)9-10/h2-9H,15H2,1H3. The van der Waals surface area contributed by atoms with E-state index < -0.39 is 0 Å². The molecule has 6 heteroatoms. The van der Waals surface area contributed by atoms with Crippen LogP contribution < -0.4 is 10.5 Å². The number of hydrogen-bond donors (Lipinski definition) is 1. The molecule has 0 saturated carbocycles. The predicted molar refractivity (Wildman–Crippen MR) is 75.6 cm³/mol. The summed E-state index contributed by atoms with van der Waals surface area (Å²) < 4.78 is 6.98. The van der Waals surface area contributed by atoms with Crippen LogP contribution >= 0.6 is 0 Å². The minimum atomic E-state index is 0.613. The van der Waals surface area contributed by atoms with Crippen LogP contribution in [0.4, 0.5) is 5.69 Å². The van der Waals surface area contributed by atoms with Crippen molar-refractivity contribution >= 4 is 5.69 Å². The molecule has 2 aromatic carbocycles. The number of ether oxygens (including phenoxy) is 1. The Morgan fingerprint density at radius 2 is 1.95 bits per heavy atom. The van der Waals surface area contributed by atoms with E-state index in [1.165, 1.54) is 0 Å². The first kappa shape index (κ1) is 12.2. The summed E-state index contributed by atoms with van der Waals surface area (Å²) in [5.74, 6) is 1.31. The zero-order chi connectivity index (χ0) is 13.9. The van der Waals surface area contributed by atoms with Gasteiger partial charge in [-0.2, -0.15) is 4.68 Å². The Morgan fingerprint density at radius 3 is 2.75 bits per heavy atom. The smallest absolute Gasteiger partial charge is 0.187 e. The lowest BCUT2D eigenvalue weighted by atomic mass is 10.2. The number of benzene rings is 2. The number of tetrazole rings is 1. The van der Waals surface area contributed by atoms with Crippen LogP contribution in [-0.2, 0) is 0 Å². The Morgan fingerprint density at radius 1 is 1.10 bits per heavy atom. The third-order valence-corrected chi connectivity index (χ3v) is 2.93. The van der Waals surface area contributed by atoms with Gasteiger partial charge in [0.05, 0.1) is 7.11 Å². The SMILES string of the molecule is COc1ccccc1-n1nnnc1-c1cccc(N)c1. The molecule has 2 N–H and O–H groups in total. The monoisotopic (exact) mass is 267 g/mol. The van der Waals surface area contributed by atoms with Crippen LogP contribution in [0.1, 0.15) is 0 Å². The van der Waals surface area contributed by atoms with Crippen LogP contribution in [-0.4, -0.2) is 27.3 Å². The van der Waals surface area contributed by atoms with E-state index >= 15 is 0 Å². The molecule has 0 amide bonds. The summed E-state index contributed by atoms with van der Waals surface area (Å²) in [5.41, 5.74) is 8.09. The van der Waals surface area contributed by atoms with E-state index in [1.807, 2.05) is 48.5 Å². The number of nitrogen functional groups attached to an aromatic ring is 1. The molecule has 0 aliphatic rings. The number of nitrogens with two attached hydrogens (primary N) is 1. The highest BCUT2D eigenvalue weighted by atomic mass is 16.5. The van der Waals surface area contributed by atoms with Crippen molar-refractivity contribution in [3.05, 3.63) is 48.5 Å². The third kappa shape index (κ3) is 2.07. The lowest BCUT2D eigenvalue weighted by Crippen LogP contribution is -2.02. The summed E-state index contributed by atoms with van der Waals surface area (Å²) in [5, 5.41) is 11.9. The van der Waals surface area contributed by atoms with Gasteiger partial charge in [0.2, 0.25) is 0 Å². The number of nitrogens with zero attached hydrogens (tertiary/aromatic N) is 4. The number of para-hydroxylation sites is 2. The van der Waals surface area contributed by atoms with Crippen molar-refractivity contribution in [3.8, 4) is 22.8 Å². The summed E-state index contributed by atoms with van der Waals surface area (Å²) in [6.45, 7) is 0. The first-order chi connectivity index (χ1) is 9.79. The topological polar surface area (TPSA) is 78.8 Å². The van der Waals surface area contributed by atoms with Gasteiger partial charge in [0.25, 0.3) is 0 Å². The van der Waals surface area contributed by atoms with Gasteiger partial charge in [-0.25, -0.2) is 0 Å². The average molecular weight is 267 g/mol. The molecule has 0 aliphatic heterocycles. The Balaban J connectivity index is 2.15. The maximum absolute atomic E-state index is 5.81. The number of anilines is 1. The normalized spacial score (nSPS) is 10.4. The molecule has 0 bridgehead atoms. The summed E-state index contributed by atoms with van der Waals surface area (Å²) >= 11 is 0. The molecule has 1 aromatic heterocycles. The van der Waals surface area contributed by atoms with Crippen LogP contribution in [0.5, 0.6) is 5.75 Å². The molecule has 100 valence electrons. The third-order valence-electron chi connectivity index (χ3n) is 2.93. The van der Waals surface area contributed by atoms with Gasteiger partial charge in [-0.1, -0.05) is 24.3 Å². The molecule has 0 radical (unpaired) electrons. The minimum Gasteiger partial charge on any atom is -0.494 e. The van der Waals surface area contributed by atoms with Gasteiger partial charge in [-0.05, 0) is 34.7 Å². The second-order valence-electron chi connectivity index (χ2n) is 4.21. The maximum Gasteiger partial charge on any atom is 0.187 e. The number of methoxy groups -OCH3 is 1. The van der Waals surface area contributed by atoms with Crippen molar-refractivity contribution in [2.45, 2.75) is 0 Å². The van der Waals surface area contributed by atoms with Crippen LogP contribution in [0.2, 0.25) is 0 Å². The minimum absolute atomic E-state index is 0.613. The Hall–Kier alpha value is -2.89. The first-order valence-electron chi connectivity index (χ1n) is 6.07. The highest BCUT2D eigenvalue weighted by molar-refractivity contribution is 5.63. The molecule has 0 fully saturated rings. The molecule has 0 spiro atoms. The van der Waals surface area contributed by atoms with E-state index in [2.05, 4.69) is 15.5 Å². The molecule has 1 heterocycles. The van der Waals surface area contributed by atoms with Crippen molar-refractivity contribution in [1.82, 2.24) is 20.2 Å². The zero-order valence-corrected chi connectivity index (χ0v) is 10.9. The average Bonchev–Trinajstić information content (AvgIpc) is 2.96. The molecule has 0 atom stereocenters. The molecular weight excluding hydrogens is 254 g/mol. The number of rotatable bonds is 3. The summed E-state index contributed by atoms with van der Waals surface area (Å²) in [7, 11) is 1.61. The Bertz CT molecular complexity index is 738. The zero-order valence-electron chi connectivity index (χ0n) is 10.9. The van der Waals surface area contributed by atoms with E-state index in [-0.39, 0.29) is 0 Å². The summed E-state index contributed by atoms with van der Waals surface area (Å²) in [6, 6.07) is 15.0.